The first-order chi connectivity index (χ1) is 16.0. The summed E-state index contributed by atoms with van der Waals surface area (Å²) >= 11 is 1.36. The quantitative estimate of drug-likeness (QED) is 0.457. The normalized spacial score (nSPS) is 16.5. The highest BCUT2D eigenvalue weighted by Crippen LogP contribution is 2.29. The number of ether oxygens (including phenoxy) is 1. The zero-order valence-corrected chi connectivity index (χ0v) is 19.3. The Morgan fingerprint density at radius 2 is 1.61 bits per heavy atom. The Hall–Kier alpha value is -2.49. The van der Waals surface area contributed by atoms with Crippen molar-refractivity contribution in [2.24, 2.45) is 0 Å². The van der Waals surface area contributed by atoms with Gasteiger partial charge in [0, 0.05) is 11.4 Å². The molecule has 2 aromatic carbocycles. The molecule has 9 heteroatoms. The van der Waals surface area contributed by atoms with Crippen LogP contribution < -0.4 is 4.74 Å². The second-order valence-corrected chi connectivity index (χ2v) is 9.14. The molecule has 2 unspecified atom stereocenters. The monoisotopic (exact) mass is 474 g/mol. The second kappa shape index (κ2) is 11.1. The van der Waals surface area contributed by atoms with Crippen LogP contribution in [0.1, 0.15) is 38.1 Å². The Morgan fingerprint density at radius 1 is 0.970 bits per heavy atom. The van der Waals surface area contributed by atoms with Crippen LogP contribution in [0.5, 0.6) is 5.75 Å². The maximum Gasteiger partial charge on any atom is 0.195 e. The maximum absolute atomic E-state index is 13.6. The molecule has 1 N–H and O–H groups in total. The van der Waals surface area contributed by atoms with Crippen LogP contribution in [-0.2, 0) is 0 Å². The molecule has 2 heterocycles. The number of nitrogens with zero attached hydrogens (tertiary/aromatic N) is 4. The average Bonchev–Trinajstić information content (AvgIpc) is 3.27. The molecule has 176 valence electrons. The minimum absolute atomic E-state index is 0.0592. The van der Waals surface area contributed by atoms with Crippen LogP contribution in [0.2, 0.25) is 0 Å². The Morgan fingerprint density at radius 3 is 2.27 bits per heavy atom. The molecule has 1 aliphatic rings. The molecule has 0 radical (unpaired) electrons. The average molecular weight is 475 g/mol. The van der Waals surface area contributed by atoms with Crippen molar-refractivity contribution in [2.45, 2.75) is 43.5 Å². The molecule has 6 nitrogen and oxygen atoms in total. The van der Waals surface area contributed by atoms with Crippen LogP contribution in [0.25, 0.3) is 5.69 Å². The van der Waals surface area contributed by atoms with Gasteiger partial charge in [0.05, 0.1) is 12.1 Å². The van der Waals surface area contributed by atoms with E-state index in [-0.39, 0.29) is 24.3 Å². The zero-order chi connectivity index (χ0) is 23.2. The van der Waals surface area contributed by atoms with E-state index in [1.807, 2.05) is 4.57 Å². The molecule has 1 fully saturated rings. The van der Waals surface area contributed by atoms with E-state index in [4.69, 9.17) is 4.74 Å². The predicted molar refractivity (Wildman–Crippen MR) is 124 cm³/mol. The summed E-state index contributed by atoms with van der Waals surface area (Å²) in [5, 5.41) is 19.9. The number of aliphatic hydroxyl groups excluding tert-OH is 1. The first-order valence-corrected chi connectivity index (χ1v) is 12.1. The lowest BCUT2D eigenvalue weighted by Crippen LogP contribution is -2.33. The number of halogens is 2. The third-order valence-corrected chi connectivity index (χ3v) is 6.79. The molecule has 0 spiro atoms. The molecule has 3 aromatic rings. The number of hydrogen-bond acceptors (Lipinski definition) is 6. The summed E-state index contributed by atoms with van der Waals surface area (Å²) in [6, 6.07) is 12.0. The summed E-state index contributed by atoms with van der Waals surface area (Å²) in [5.41, 5.74) is 0.778. The van der Waals surface area contributed by atoms with Crippen LogP contribution in [0, 0.1) is 11.6 Å². The minimum atomic E-state index is -0.763. The molecule has 0 bridgehead atoms. The van der Waals surface area contributed by atoms with Crippen molar-refractivity contribution >= 4 is 11.8 Å². The van der Waals surface area contributed by atoms with Crippen LogP contribution in [0.4, 0.5) is 8.78 Å². The Labute approximate surface area is 196 Å². The van der Waals surface area contributed by atoms with Gasteiger partial charge < -0.3 is 9.84 Å². The molecule has 4 rings (SSSR count). The lowest BCUT2D eigenvalue weighted by Gasteiger charge is -2.31. The summed E-state index contributed by atoms with van der Waals surface area (Å²) in [4.78, 5) is 2.40. The van der Waals surface area contributed by atoms with E-state index in [0.29, 0.717) is 16.7 Å². The summed E-state index contributed by atoms with van der Waals surface area (Å²) in [7, 11) is 0. The van der Waals surface area contributed by atoms with E-state index in [1.54, 1.807) is 12.1 Å². The number of aromatic nitrogens is 3. The van der Waals surface area contributed by atoms with Crippen molar-refractivity contribution in [3.8, 4) is 11.4 Å². The number of benzene rings is 2. The fraction of sp³-hybridized carbons (Fsp3) is 0.417. The molecule has 1 aliphatic heterocycles. The van der Waals surface area contributed by atoms with E-state index in [9.17, 15) is 13.9 Å². The van der Waals surface area contributed by atoms with Crippen LogP contribution >= 0.6 is 11.8 Å². The first-order valence-electron chi connectivity index (χ1n) is 11.2. The number of thioether (sulfide) groups is 1. The highest BCUT2D eigenvalue weighted by atomic mass is 32.2. The molecule has 1 saturated heterocycles. The van der Waals surface area contributed by atoms with Gasteiger partial charge in [0.1, 0.15) is 24.0 Å². The third kappa shape index (κ3) is 6.10. The van der Waals surface area contributed by atoms with Gasteiger partial charge in [-0.05, 0) is 81.4 Å². The van der Waals surface area contributed by atoms with Crippen LogP contribution in [-0.4, -0.2) is 56.3 Å². The molecule has 0 aliphatic carbocycles. The fourth-order valence-electron chi connectivity index (χ4n) is 3.89. The van der Waals surface area contributed by atoms with Gasteiger partial charge in [0.25, 0.3) is 0 Å². The number of rotatable bonds is 9. The SMILES string of the molecule is CC(c1nnc(SCC(O)COc2ccc(F)cc2)n1-c1ccc(F)cc1)N1CCCCC1. The van der Waals surface area contributed by atoms with Crippen LogP contribution in [0.3, 0.4) is 0 Å². The van der Waals surface area contributed by atoms with Gasteiger partial charge in [-0.25, -0.2) is 8.78 Å². The van der Waals surface area contributed by atoms with Crippen molar-refractivity contribution in [1.29, 1.82) is 0 Å². The van der Waals surface area contributed by atoms with E-state index in [2.05, 4.69) is 22.0 Å². The smallest absolute Gasteiger partial charge is 0.195 e. The molecule has 0 saturated carbocycles. The topological polar surface area (TPSA) is 63.4 Å². The highest BCUT2D eigenvalue weighted by Gasteiger charge is 2.26. The number of piperidine rings is 1. The Kier molecular flexibility index (Phi) is 7.95. The van der Waals surface area contributed by atoms with E-state index in [0.717, 1.165) is 37.4 Å². The van der Waals surface area contributed by atoms with Crippen molar-refractivity contribution in [2.75, 3.05) is 25.4 Å². The van der Waals surface area contributed by atoms with Gasteiger partial charge in [-0.2, -0.15) is 0 Å². The predicted octanol–water partition coefficient (Wildman–Crippen LogP) is 4.62. The highest BCUT2D eigenvalue weighted by molar-refractivity contribution is 7.99. The van der Waals surface area contributed by atoms with E-state index >= 15 is 0 Å². The first kappa shape index (κ1) is 23.7. The summed E-state index contributed by atoms with van der Waals surface area (Å²) in [6.45, 7) is 4.22. The third-order valence-electron chi connectivity index (χ3n) is 5.72. The minimum Gasteiger partial charge on any atom is -0.491 e. The lowest BCUT2D eigenvalue weighted by molar-refractivity contribution is 0.126. The van der Waals surface area contributed by atoms with Crippen molar-refractivity contribution in [1.82, 2.24) is 19.7 Å². The lowest BCUT2D eigenvalue weighted by atomic mass is 10.1. The molecule has 33 heavy (non-hydrogen) atoms. The van der Waals surface area contributed by atoms with Gasteiger partial charge in [-0.3, -0.25) is 9.47 Å². The largest absolute Gasteiger partial charge is 0.491 e. The van der Waals surface area contributed by atoms with Gasteiger partial charge in [-0.15, -0.1) is 10.2 Å². The van der Waals surface area contributed by atoms with E-state index in [1.165, 1.54) is 54.6 Å². The number of hydrogen-bond donors (Lipinski definition) is 1. The fourth-order valence-corrected chi connectivity index (χ4v) is 4.75. The van der Waals surface area contributed by atoms with Crippen molar-refractivity contribution < 1.29 is 18.6 Å². The molecule has 1 aromatic heterocycles. The van der Waals surface area contributed by atoms with Crippen LogP contribution in [0.15, 0.2) is 53.7 Å². The zero-order valence-electron chi connectivity index (χ0n) is 18.5. The molecule has 2 atom stereocenters. The number of aliphatic hydroxyl groups is 1. The Balaban J connectivity index is 1.47. The standard InChI is InChI=1S/C24H28F2N4O2S/c1-17(29-13-3-2-4-14-29)23-27-28-24(30(23)20-9-5-18(25)6-10-20)33-16-21(31)15-32-22-11-7-19(26)8-12-22/h5-12,17,21,31H,2-4,13-16H2,1H3. The summed E-state index contributed by atoms with van der Waals surface area (Å²) < 4.78 is 34.1. The molecular formula is C24H28F2N4O2S. The molecular weight excluding hydrogens is 446 g/mol. The van der Waals surface area contributed by atoms with Gasteiger partial charge in [0.2, 0.25) is 0 Å². The van der Waals surface area contributed by atoms with Gasteiger partial charge in [0.15, 0.2) is 11.0 Å². The van der Waals surface area contributed by atoms with E-state index < -0.39 is 6.10 Å². The maximum atomic E-state index is 13.6. The van der Waals surface area contributed by atoms with Gasteiger partial charge >= 0.3 is 0 Å². The number of likely N-dealkylation sites (tertiary alicyclic amines) is 1. The van der Waals surface area contributed by atoms with Crippen molar-refractivity contribution in [3.05, 3.63) is 66.0 Å². The molecule has 0 amide bonds. The summed E-state index contributed by atoms with van der Waals surface area (Å²) in [5.74, 6) is 0.974. The van der Waals surface area contributed by atoms with Crippen molar-refractivity contribution in [3.63, 3.8) is 0 Å². The van der Waals surface area contributed by atoms with Gasteiger partial charge in [-0.1, -0.05) is 18.2 Å². The second-order valence-electron chi connectivity index (χ2n) is 8.15. The summed E-state index contributed by atoms with van der Waals surface area (Å²) in [6.07, 6.45) is 2.81. The Bertz CT molecular complexity index is 1020.